The lowest BCUT2D eigenvalue weighted by atomic mass is 10.1. The van der Waals surface area contributed by atoms with Crippen LogP contribution < -0.4 is 15.1 Å². The van der Waals surface area contributed by atoms with Crippen molar-refractivity contribution in [3.63, 3.8) is 0 Å². The average molecular weight is 414 g/mol. The molecule has 0 aromatic heterocycles. The van der Waals surface area contributed by atoms with Gasteiger partial charge in [-0.3, -0.25) is 9.59 Å². The topological polar surface area (TPSA) is 57.1 Å². The van der Waals surface area contributed by atoms with Crippen molar-refractivity contribution in [2.75, 3.05) is 56.0 Å². The standard InChI is InChI=1S/C23H29FN4O2/c1-3-27(4-2)23(30)18-6-5-7-20(16-18)25-22(29)17-26-12-14-28(15-13-26)21-10-8-19(24)9-11-21/h5-11,16H,3-4,12-15,17H2,1-2H3,(H,25,29)/p+1. The second kappa shape index (κ2) is 10.2. The van der Waals surface area contributed by atoms with Crippen LogP contribution in [0.5, 0.6) is 0 Å². The SMILES string of the molecule is CCN(CC)C(=O)c1cccc(NC(=O)C[NH+]2CCN(c3ccc(F)cc3)CC2)c1. The summed E-state index contributed by atoms with van der Waals surface area (Å²) in [5.74, 6) is -0.325. The molecule has 0 spiro atoms. The molecule has 0 saturated carbocycles. The Labute approximate surface area is 177 Å². The van der Waals surface area contributed by atoms with Gasteiger partial charge in [-0.25, -0.2) is 4.39 Å². The van der Waals surface area contributed by atoms with Gasteiger partial charge in [-0.15, -0.1) is 0 Å². The molecule has 6 nitrogen and oxygen atoms in total. The molecule has 2 aromatic carbocycles. The Morgan fingerprint density at radius 1 is 1.07 bits per heavy atom. The number of halogens is 1. The van der Waals surface area contributed by atoms with Crippen molar-refractivity contribution < 1.29 is 18.9 Å². The maximum Gasteiger partial charge on any atom is 0.279 e. The number of nitrogens with zero attached hydrogens (tertiary/aromatic N) is 2. The fraction of sp³-hybridized carbons (Fsp3) is 0.391. The van der Waals surface area contributed by atoms with Gasteiger partial charge in [-0.05, 0) is 56.3 Å². The highest BCUT2D eigenvalue weighted by atomic mass is 19.1. The quantitative estimate of drug-likeness (QED) is 0.726. The molecular formula is C23H30FN4O2+. The van der Waals surface area contributed by atoms with E-state index in [1.807, 2.05) is 13.8 Å². The van der Waals surface area contributed by atoms with E-state index in [2.05, 4.69) is 10.2 Å². The average Bonchev–Trinajstić information content (AvgIpc) is 2.76. The Morgan fingerprint density at radius 2 is 1.73 bits per heavy atom. The van der Waals surface area contributed by atoms with Gasteiger partial charge < -0.3 is 20.0 Å². The second-order valence-electron chi connectivity index (χ2n) is 7.50. The summed E-state index contributed by atoms with van der Waals surface area (Å²) < 4.78 is 13.1. The van der Waals surface area contributed by atoms with E-state index in [4.69, 9.17) is 0 Å². The fourth-order valence-electron chi connectivity index (χ4n) is 3.77. The maximum absolute atomic E-state index is 13.1. The third-order valence-electron chi connectivity index (χ3n) is 5.52. The molecule has 3 rings (SSSR count). The summed E-state index contributed by atoms with van der Waals surface area (Å²) in [4.78, 5) is 30.2. The highest BCUT2D eigenvalue weighted by Gasteiger charge is 2.22. The smallest absolute Gasteiger partial charge is 0.279 e. The molecule has 1 fully saturated rings. The van der Waals surface area contributed by atoms with E-state index in [0.717, 1.165) is 31.9 Å². The van der Waals surface area contributed by atoms with E-state index >= 15 is 0 Å². The zero-order valence-corrected chi connectivity index (χ0v) is 17.7. The maximum atomic E-state index is 13.1. The molecule has 30 heavy (non-hydrogen) atoms. The van der Waals surface area contributed by atoms with Crippen LogP contribution in [0.15, 0.2) is 48.5 Å². The van der Waals surface area contributed by atoms with Gasteiger partial charge in [0.25, 0.3) is 11.8 Å². The Balaban J connectivity index is 1.51. The number of carbonyl (C=O) groups is 2. The molecule has 160 valence electrons. The van der Waals surface area contributed by atoms with Crippen LogP contribution in [0.2, 0.25) is 0 Å². The van der Waals surface area contributed by atoms with Gasteiger partial charge in [0.05, 0.1) is 26.2 Å². The van der Waals surface area contributed by atoms with Crippen molar-refractivity contribution in [2.24, 2.45) is 0 Å². The van der Waals surface area contributed by atoms with Crippen LogP contribution in [0.3, 0.4) is 0 Å². The normalized spacial score (nSPS) is 14.4. The summed E-state index contributed by atoms with van der Waals surface area (Å²) in [6.45, 7) is 8.90. The van der Waals surface area contributed by atoms with Crippen LogP contribution in [0.1, 0.15) is 24.2 Å². The van der Waals surface area contributed by atoms with E-state index in [1.54, 1.807) is 41.3 Å². The zero-order valence-electron chi connectivity index (χ0n) is 17.7. The Kier molecular flexibility index (Phi) is 7.41. The van der Waals surface area contributed by atoms with Crippen LogP contribution >= 0.6 is 0 Å². The first-order chi connectivity index (χ1) is 14.5. The van der Waals surface area contributed by atoms with Crippen LogP contribution in [-0.4, -0.2) is 62.5 Å². The van der Waals surface area contributed by atoms with Gasteiger partial charge in [-0.1, -0.05) is 6.07 Å². The Morgan fingerprint density at radius 3 is 2.37 bits per heavy atom. The molecule has 0 aliphatic carbocycles. The molecule has 0 unspecified atom stereocenters. The van der Waals surface area contributed by atoms with Gasteiger partial charge >= 0.3 is 0 Å². The zero-order chi connectivity index (χ0) is 21.5. The number of anilines is 2. The number of hydrogen-bond acceptors (Lipinski definition) is 3. The summed E-state index contributed by atoms with van der Waals surface area (Å²) in [5.41, 5.74) is 2.23. The highest BCUT2D eigenvalue weighted by molar-refractivity contribution is 5.97. The molecule has 0 bridgehead atoms. The molecule has 0 radical (unpaired) electrons. The summed E-state index contributed by atoms with van der Waals surface area (Å²) in [6, 6.07) is 13.6. The largest absolute Gasteiger partial charge is 0.360 e. The molecule has 0 atom stereocenters. The minimum atomic E-state index is -0.234. The van der Waals surface area contributed by atoms with E-state index in [1.165, 1.54) is 17.0 Å². The molecule has 1 heterocycles. The number of benzene rings is 2. The second-order valence-corrected chi connectivity index (χ2v) is 7.50. The number of quaternary nitrogens is 1. The Hall–Kier alpha value is -2.93. The van der Waals surface area contributed by atoms with E-state index < -0.39 is 0 Å². The van der Waals surface area contributed by atoms with Gasteiger partial charge in [0.15, 0.2) is 6.54 Å². The number of hydrogen-bond donors (Lipinski definition) is 2. The fourth-order valence-corrected chi connectivity index (χ4v) is 3.77. The molecule has 7 heteroatoms. The van der Waals surface area contributed by atoms with Crippen molar-refractivity contribution in [3.8, 4) is 0 Å². The Bertz CT molecular complexity index is 860. The van der Waals surface area contributed by atoms with Gasteiger partial charge in [0, 0.05) is 30.0 Å². The third-order valence-corrected chi connectivity index (χ3v) is 5.52. The minimum absolute atomic E-state index is 0.0290. The predicted molar refractivity (Wildman–Crippen MR) is 116 cm³/mol. The summed E-state index contributed by atoms with van der Waals surface area (Å²) >= 11 is 0. The predicted octanol–water partition coefficient (Wildman–Crippen LogP) is 1.65. The number of carbonyl (C=O) groups excluding carboxylic acids is 2. The lowest BCUT2D eigenvalue weighted by Crippen LogP contribution is -3.15. The molecule has 2 amide bonds. The number of piperazine rings is 1. The molecule has 2 aromatic rings. The molecule has 2 N–H and O–H groups in total. The summed E-state index contributed by atoms with van der Waals surface area (Å²) in [6.07, 6.45) is 0. The number of amides is 2. The summed E-state index contributed by atoms with van der Waals surface area (Å²) in [5, 5.41) is 2.92. The van der Waals surface area contributed by atoms with Crippen LogP contribution in [-0.2, 0) is 4.79 Å². The van der Waals surface area contributed by atoms with Crippen molar-refractivity contribution in [1.29, 1.82) is 0 Å². The van der Waals surface area contributed by atoms with Crippen LogP contribution in [0, 0.1) is 5.82 Å². The van der Waals surface area contributed by atoms with Crippen molar-refractivity contribution >= 4 is 23.2 Å². The van der Waals surface area contributed by atoms with Gasteiger partial charge in [0.1, 0.15) is 5.82 Å². The van der Waals surface area contributed by atoms with E-state index in [-0.39, 0.29) is 17.6 Å². The van der Waals surface area contributed by atoms with Crippen LogP contribution in [0.4, 0.5) is 15.8 Å². The monoisotopic (exact) mass is 413 g/mol. The molecule has 1 aliphatic heterocycles. The third kappa shape index (κ3) is 5.57. The van der Waals surface area contributed by atoms with Gasteiger partial charge in [-0.2, -0.15) is 0 Å². The summed E-state index contributed by atoms with van der Waals surface area (Å²) in [7, 11) is 0. The highest BCUT2D eigenvalue weighted by Crippen LogP contribution is 2.15. The van der Waals surface area contributed by atoms with E-state index in [9.17, 15) is 14.0 Å². The molecule has 1 aliphatic rings. The number of nitrogens with one attached hydrogen (secondary N) is 2. The van der Waals surface area contributed by atoms with Crippen LogP contribution in [0.25, 0.3) is 0 Å². The minimum Gasteiger partial charge on any atom is -0.360 e. The number of rotatable bonds is 7. The molecule has 1 saturated heterocycles. The van der Waals surface area contributed by atoms with E-state index in [0.29, 0.717) is 30.9 Å². The molecular weight excluding hydrogens is 383 g/mol. The first kappa shape index (κ1) is 21.8. The van der Waals surface area contributed by atoms with Crippen molar-refractivity contribution in [2.45, 2.75) is 13.8 Å². The van der Waals surface area contributed by atoms with Gasteiger partial charge in [0.2, 0.25) is 0 Å². The first-order valence-electron chi connectivity index (χ1n) is 10.5. The van der Waals surface area contributed by atoms with Crippen molar-refractivity contribution in [3.05, 3.63) is 59.9 Å². The lowest BCUT2D eigenvalue weighted by Gasteiger charge is -2.33. The van der Waals surface area contributed by atoms with Crippen molar-refractivity contribution in [1.82, 2.24) is 4.90 Å². The first-order valence-corrected chi connectivity index (χ1v) is 10.5. The lowest BCUT2D eigenvalue weighted by molar-refractivity contribution is -0.892.